The van der Waals surface area contributed by atoms with E-state index in [1.54, 1.807) is 0 Å². The fourth-order valence-corrected chi connectivity index (χ4v) is 2.32. The second-order valence-electron chi connectivity index (χ2n) is 4.94. The van der Waals surface area contributed by atoms with E-state index in [4.69, 9.17) is 0 Å². The molecule has 0 aliphatic heterocycles. The van der Waals surface area contributed by atoms with E-state index in [0.717, 1.165) is 31.7 Å². The summed E-state index contributed by atoms with van der Waals surface area (Å²) in [6, 6.07) is 12.2. The van der Waals surface area contributed by atoms with Crippen molar-refractivity contribution in [3.63, 3.8) is 0 Å². The Labute approximate surface area is 124 Å². The minimum absolute atomic E-state index is 0.819. The molecular weight excluding hydrogens is 262 g/mol. The Morgan fingerprint density at radius 1 is 1.14 bits per heavy atom. The molecule has 0 spiro atoms. The lowest BCUT2D eigenvalue weighted by Crippen LogP contribution is -2.16. The van der Waals surface area contributed by atoms with Gasteiger partial charge >= 0.3 is 0 Å². The first-order valence-electron chi connectivity index (χ1n) is 7.19. The summed E-state index contributed by atoms with van der Waals surface area (Å²) in [4.78, 5) is 0. The van der Waals surface area contributed by atoms with Crippen LogP contribution in [0.2, 0.25) is 0 Å². The van der Waals surface area contributed by atoms with Crippen molar-refractivity contribution in [3.8, 4) is 11.3 Å². The van der Waals surface area contributed by atoms with Crippen molar-refractivity contribution in [1.82, 2.24) is 25.3 Å². The molecule has 108 valence electrons. The minimum atomic E-state index is 0.819. The average Bonchev–Trinajstić information content (AvgIpc) is 3.19. The van der Waals surface area contributed by atoms with Gasteiger partial charge in [0.05, 0.1) is 11.9 Å². The van der Waals surface area contributed by atoms with E-state index in [-0.39, 0.29) is 0 Å². The van der Waals surface area contributed by atoms with Crippen LogP contribution in [0.5, 0.6) is 0 Å². The molecule has 0 atom stereocenters. The highest BCUT2D eigenvalue weighted by molar-refractivity contribution is 5.62. The van der Waals surface area contributed by atoms with Crippen LogP contribution in [-0.2, 0) is 13.1 Å². The number of rotatable bonds is 7. The predicted molar refractivity (Wildman–Crippen MR) is 82.6 cm³/mol. The van der Waals surface area contributed by atoms with Crippen LogP contribution in [0, 0.1) is 0 Å². The highest BCUT2D eigenvalue weighted by Crippen LogP contribution is 2.20. The summed E-state index contributed by atoms with van der Waals surface area (Å²) in [5, 5.41) is 14.9. The Hall–Kier alpha value is -2.40. The number of hydrogen-bond donors (Lipinski definition) is 2. The van der Waals surface area contributed by atoms with E-state index >= 15 is 0 Å². The Kier molecular flexibility index (Phi) is 4.43. The van der Waals surface area contributed by atoms with Crippen LogP contribution in [0.1, 0.15) is 12.0 Å². The molecule has 3 aromatic rings. The summed E-state index contributed by atoms with van der Waals surface area (Å²) < 4.78 is 1.95. The first-order valence-corrected chi connectivity index (χ1v) is 7.19. The summed E-state index contributed by atoms with van der Waals surface area (Å²) in [6.07, 6.45) is 6.75. The zero-order chi connectivity index (χ0) is 14.3. The molecule has 2 N–H and O–H groups in total. The van der Waals surface area contributed by atoms with Gasteiger partial charge in [0, 0.05) is 31.0 Å². The molecule has 0 amide bonds. The zero-order valence-electron chi connectivity index (χ0n) is 11.9. The van der Waals surface area contributed by atoms with Gasteiger partial charge in [-0.2, -0.15) is 10.2 Å². The van der Waals surface area contributed by atoms with Gasteiger partial charge < -0.3 is 5.32 Å². The lowest BCUT2D eigenvalue weighted by atomic mass is 10.1. The first kappa shape index (κ1) is 13.6. The van der Waals surface area contributed by atoms with E-state index in [9.17, 15) is 0 Å². The van der Waals surface area contributed by atoms with Crippen LogP contribution in [-0.4, -0.2) is 26.5 Å². The van der Waals surface area contributed by atoms with Crippen molar-refractivity contribution in [2.45, 2.75) is 19.5 Å². The molecule has 0 aliphatic carbocycles. The smallest absolute Gasteiger partial charge is 0.0695 e. The molecule has 2 aromatic heterocycles. The molecule has 5 nitrogen and oxygen atoms in total. The number of aryl methyl sites for hydroxylation is 1. The highest BCUT2D eigenvalue weighted by atomic mass is 15.3. The van der Waals surface area contributed by atoms with Crippen molar-refractivity contribution >= 4 is 0 Å². The number of aromatic amines is 1. The number of hydrogen-bond acceptors (Lipinski definition) is 3. The molecule has 0 bridgehead atoms. The van der Waals surface area contributed by atoms with E-state index in [0.29, 0.717) is 0 Å². The van der Waals surface area contributed by atoms with Gasteiger partial charge in [0.15, 0.2) is 0 Å². The van der Waals surface area contributed by atoms with Crippen LogP contribution >= 0.6 is 0 Å². The summed E-state index contributed by atoms with van der Waals surface area (Å²) in [6.45, 7) is 2.72. The standard InChI is InChI=1S/C16H19N5/c1-2-6-14(7-3-1)16-15(13-18-20-16)12-17-8-4-10-21-11-5-9-19-21/h1-3,5-7,9,11,13,17H,4,8,10,12H2,(H,18,20). The maximum Gasteiger partial charge on any atom is 0.0695 e. The van der Waals surface area contributed by atoms with Crippen molar-refractivity contribution in [2.24, 2.45) is 0 Å². The van der Waals surface area contributed by atoms with Crippen molar-refractivity contribution in [2.75, 3.05) is 6.54 Å². The second kappa shape index (κ2) is 6.85. The maximum atomic E-state index is 4.19. The predicted octanol–water partition coefficient (Wildman–Crippen LogP) is 2.45. The SMILES string of the molecule is c1ccc(-c2[nH]ncc2CNCCCn2cccn2)cc1. The van der Waals surface area contributed by atoms with Crippen LogP contribution < -0.4 is 5.32 Å². The van der Waals surface area contributed by atoms with Gasteiger partial charge in [0.2, 0.25) is 0 Å². The second-order valence-corrected chi connectivity index (χ2v) is 4.94. The number of aromatic nitrogens is 4. The number of nitrogens with one attached hydrogen (secondary N) is 2. The molecule has 1 aromatic carbocycles. The highest BCUT2D eigenvalue weighted by Gasteiger charge is 2.06. The summed E-state index contributed by atoms with van der Waals surface area (Å²) in [5.41, 5.74) is 3.46. The number of H-pyrrole nitrogens is 1. The summed E-state index contributed by atoms with van der Waals surface area (Å²) >= 11 is 0. The zero-order valence-corrected chi connectivity index (χ0v) is 11.9. The minimum Gasteiger partial charge on any atom is -0.312 e. The van der Waals surface area contributed by atoms with Crippen molar-refractivity contribution in [1.29, 1.82) is 0 Å². The maximum absolute atomic E-state index is 4.19. The molecule has 0 aliphatic rings. The third-order valence-electron chi connectivity index (χ3n) is 3.40. The van der Waals surface area contributed by atoms with Crippen LogP contribution in [0.25, 0.3) is 11.3 Å². The number of nitrogens with zero attached hydrogens (tertiary/aromatic N) is 3. The average molecular weight is 281 g/mol. The van der Waals surface area contributed by atoms with Crippen molar-refractivity contribution in [3.05, 3.63) is 60.6 Å². The van der Waals surface area contributed by atoms with Crippen LogP contribution in [0.3, 0.4) is 0 Å². The van der Waals surface area contributed by atoms with Crippen LogP contribution in [0.4, 0.5) is 0 Å². The fraction of sp³-hybridized carbons (Fsp3) is 0.250. The third-order valence-corrected chi connectivity index (χ3v) is 3.40. The summed E-state index contributed by atoms with van der Waals surface area (Å²) in [5.74, 6) is 0. The monoisotopic (exact) mass is 281 g/mol. The third kappa shape index (κ3) is 3.58. The largest absolute Gasteiger partial charge is 0.312 e. The molecule has 21 heavy (non-hydrogen) atoms. The molecule has 2 heterocycles. The quantitative estimate of drug-likeness (QED) is 0.654. The Morgan fingerprint density at radius 3 is 2.86 bits per heavy atom. The van der Waals surface area contributed by atoms with Gasteiger partial charge in [-0.25, -0.2) is 0 Å². The van der Waals surface area contributed by atoms with Crippen molar-refractivity contribution < 1.29 is 0 Å². The molecule has 0 fully saturated rings. The van der Waals surface area contributed by atoms with E-state index < -0.39 is 0 Å². The Balaban J connectivity index is 1.49. The lowest BCUT2D eigenvalue weighted by molar-refractivity contribution is 0.543. The molecule has 3 rings (SSSR count). The van der Waals surface area contributed by atoms with Crippen LogP contribution in [0.15, 0.2) is 55.0 Å². The van der Waals surface area contributed by atoms with Gasteiger partial charge in [0.25, 0.3) is 0 Å². The van der Waals surface area contributed by atoms with E-state index in [1.165, 1.54) is 11.1 Å². The lowest BCUT2D eigenvalue weighted by Gasteiger charge is -2.06. The molecular formula is C16H19N5. The fourth-order valence-electron chi connectivity index (χ4n) is 2.32. The van der Waals surface area contributed by atoms with Gasteiger partial charge in [-0.3, -0.25) is 9.78 Å². The molecule has 0 radical (unpaired) electrons. The first-order chi connectivity index (χ1) is 10.4. The van der Waals surface area contributed by atoms with E-state index in [2.05, 4.69) is 32.7 Å². The summed E-state index contributed by atoms with van der Waals surface area (Å²) in [7, 11) is 0. The topological polar surface area (TPSA) is 58.5 Å². The van der Waals surface area contributed by atoms with E-state index in [1.807, 2.05) is 47.5 Å². The molecule has 0 unspecified atom stereocenters. The Morgan fingerprint density at radius 2 is 2.05 bits per heavy atom. The normalized spacial score (nSPS) is 10.9. The van der Waals surface area contributed by atoms with Gasteiger partial charge in [-0.1, -0.05) is 30.3 Å². The van der Waals surface area contributed by atoms with Gasteiger partial charge in [-0.05, 0) is 24.6 Å². The molecule has 5 heteroatoms. The Bertz CT molecular complexity index is 642. The molecule has 0 saturated heterocycles. The van der Waals surface area contributed by atoms with Gasteiger partial charge in [-0.15, -0.1) is 0 Å². The number of benzene rings is 1. The van der Waals surface area contributed by atoms with Gasteiger partial charge in [0.1, 0.15) is 0 Å². The molecule has 0 saturated carbocycles.